The van der Waals surface area contributed by atoms with Gasteiger partial charge in [-0.1, -0.05) is 30.3 Å². The van der Waals surface area contributed by atoms with Crippen molar-refractivity contribution < 1.29 is 32.0 Å². The van der Waals surface area contributed by atoms with Crippen LogP contribution in [0.4, 0.5) is 9.59 Å². The highest BCUT2D eigenvalue weighted by molar-refractivity contribution is 7.85. The Bertz CT molecular complexity index is 699. The number of nitrogens with zero attached hydrogens (tertiary/aromatic N) is 1. The molecular weight excluding hydrogens is 340 g/mol. The summed E-state index contributed by atoms with van der Waals surface area (Å²) in [4.78, 5) is 23.8. The maximum absolute atomic E-state index is 11.9. The fourth-order valence-corrected chi connectivity index (χ4v) is 2.66. The topological polar surface area (TPSA) is 122 Å². The molecule has 0 bridgehead atoms. The van der Waals surface area contributed by atoms with Gasteiger partial charge in [0, 0.05) is 0 Å². The van der Waals surface area contributed by atoms with Crippen molar-refractivity contribution in [2.24, 2.45) is 0 Å². The average molecular weight is 358 g/mol. The summed E-state index contributed by atoms with van der Waals surface area (Å²) in [5, 5.41) is 11.4. The first-order valence-electron chi connectivity index (χ1n) is 7.00. The molecule has 1 saturated heterocycles. The number of carbonyl (C=O) groups is 2. The molecule has 0 aromatic heterocycles. The third kappa shape index (κ3) is 5.10. The lowest BCUT2D eigenvalue weighted by Gasteiger charge is -2.47. The first-order valence-corrected chi connectivity index (χ1v) is 8.82. The van der Waals surface area contributed by atoms with Crippen LogP contribution >= 0.6 is 0 Å². The monoisotopic (exact) mass is 358 g/mol. The van der Waals surface area contributed by atoms with Gasteiger partial charge in [-0.05, 0) is 5.56 Å². The zero-order valence-electron chi connectivity index (χ0n) is 13.0. The van der Waals surface area contributed by atoms with Gasteiger partial charge in [0.1, 0.15) is 12.1 Å². The lowest BCUT2D eigenvalue weighted by molar-refractivity contribution is 0.0130. The molecule has 24 heavy (non-hydrogen) atoms. The molecule has 0 aliphatic carbocycles. The van der Waals surface area contributed by atoms with Crippen molar-refractivity contribution in [3.63, 3.8) is 0 Å². The molecule has 0 radical (unpaired) electrons. The molecule has 132 valence electrons. The summed E-state index contributed by atoms with van der Waals surface area (Å²) in [7, 11) is -3.72. The van der Waals surface area contributed by atoms with Gasteiger partial charge in [-0.25, -0.2) is 9.59 Å². The Labute approximate surface area is 139 Å². The third-order valence-electron chi connectivity index (χ3n) is 3.39. The molecule has 9 nitrogen and oxygen atoms in total. The highest BCUT2D eigenvalue weighted by Crippen LogP contribution is 2.22. The van der Waals surface area contributed by atoms with Gasteiger partial charge in [-0.15, -0.1) is 0 Å². The van der Waals surface area contributed by atoms with E-state index in [9.17, 15) is 18.0 Å². The van der Waals surface area contributed by atoms with E-state index in [1.807, 2.05) is 6.07 Å². The molecule has 2 N–H and O–H groups in total. The number of benzene rings is 1. The van der Waals surface area contributed by atoms with Crippen LogP contribution in [0.25, 0.3) is 0 Å². The SMILES string of the molecule is CS(=O)(=O)OCC1(NC(=O)OCc2ccccc2)CN(C(=O)O)C1. The Morgan fingerprint density at radius 2 is 1.92 bits per heavy atom. The predicted octanol–water partition coefficient (Wildman–Crippen LogP) is 0.621. The molecule has 0 unspecified atom stereocenters. The van der Waals surface area contributed by atoms with E-state index in [2.05, 4.69) is 5.32 Å². The largest absolute Gasteiger partial charge is 0.465 e. The van der Waals surface area contributed by atoms with Gasteiger partial charge in [-0.2, -0.15) is 8.42 Å². The summed E-state index contributed by atoms with van der Waals surface area (Å²) in [6, 6.07) is 9.00. The number of likely N-dealkylation sites (tertiary alicyclic amines) is 1. The van der Waals surface area contributed by atoms with E-state index >= 15 is 0 Å². The van der Waals surface area contributed by atoms with Crippen molar-refractivity contribution >= 4 is 22.3 Å². The van der Waals surface area contributed by atoms with E-state index in [1.54, 1.807) is 24.3 Å². The summed E-state index contributed by atoms with van der Waals surface area (Å²) < 4.78 is 32.0. The second-order valence-corrected chi connectivity index (χ2v) is 7.22. The zero-order valence-corrected chi connectivity index (χ0v) is 13.8. The van der Waals surface area contributed by atoms with Crippen LogP contribution in [0.1, 0.15) is 5.56 Å². The fourth-order valence-electron chi connectivity index (χ4n) is 2.22. The second-order valence-electron chi connectivity index (χ2n) is 5.57. The van der Waals surface area contributed by atoms with Crippen molar-refractivity contribution in [1.29, 1.82) is 0 Å². The maximum atomic E-state index is 11.9. The van der Waals surface area contributed by atoms with Gasteiger partial charge in [0.25, 0.3) is 10.1 Å². The molecule has 1 aliphatic heterocycles. The number of nitrogens with one attached hydrogen (secondary N) is 1. The molecule has 1 aromatic carbocycles. The lowest BCUT2D eigenvalue weighted by Crippen LogP contribution is -2.73. The van der Waals surface area contributed by atoms with Crippen molar-refractivity contribution in [1.82, 2.24) is 10.2 Å². The fraction of sp³-hybridized carbons (Fsp3) is 0.429. The molecule has 1 heterocycles. The van der Waals surface area contributed by atoms with Gasteiger partial charge < -0.3 is 20.1 Å². The highest BCUT2D eigenvalue weighted by Gasteiger charge is 2.48. The van der Waals surface area contributed by atoms with Crippen LogP contribution in [0.3, 0.4) is 0 Å². The Morgan fingerprint density at radius 3 is 2.46 bits per heavy atom. The number of hydrogen-bond donors (Lipinski definition) is 2. The second kappa shape index (κ2) is 7.05. The summed E-state index contributed by atoms with van der Waals surface area (Å²) in [5.41, 5.74) is -0.343. The zero-order chi connectivity index (χ0) is 17.8. The first kappa shape index (κ1) is 18.0. The summed E-state index contributed by atoms with van der Waals surface area (Å²) in [5.74, 6) is 0. The Kier molecular flexibility index (Phi) is 5.30. The van der Waals surface area contributed by atoms with E-state index in [4.69, 9.17) is 14.0 Å². The van der Waals surface area contributed by atoms with E-state index in [1.165, 1.54) is 0 Å². The Hall–Kier alpha value is -2.33. The van der Waals surface area contributed by atoms with Crippen molar-refractivity contribution in [3.8, 4) is 0 Å². The molecule has 0 spiro atoms. The molecule has 1 aliphatic rings. The predicted molar refractivity (Wildman–Crippen MR) is 82.9 cm³/mol. The van der Waals surface area contributed by atoms with Crippen molar-refractivity contribution in [2.45, 2.75) is 12.1 Å². The number of carboxylic acid groups (broad SMARTS) is 1. The van der Waals surface area contributed by atoms with Crippen LogP contribution < -0.4 is 5.32 Å². The van der Waals surface area contributed by atoms with Gasteiger partial charge in [0.15, 0.2) is 0 Å². The van der Waals surface area contributed by atoms with Gasteiger partial charge in [0.05, 0.1) is 26.0 Å². The lowest BCUT2D eigenvalue weighted by atomic mass is 9.91. The molecule has 10 heteroatoms. The standard InChI is InChI=1S/C14H18N2O7S/c1-24(20,21)23-10-14(8-16(9-14)13(18)19)15-12(17)22-7-11-5-3-2-4-6-11/h2-6H,7-10H2,1H3,(H,15,17)(H,18,19). The Morgan fingerprint density at radius 1 is 1.29 bits per heavy atom. The number of ether oxygens (including phenoxy) is 1. The molecule has 2 rings (SSSR count). The van der Waals surface area contributed by atoms with Gasteiger partial charge >= 0.3 is 12.2 Å². The minimum Gasteiger partial charge on any atom is -0.465 e. The van der Waals surface area contributed by atoms with Crippen LogP contribution in [0.15, 0.2) is 30.3 Å². The van der Waals surface area contributed by atoms with Crippen LogP contribution in [-0.2, 0) is 25.6 Å². The third-order valence-corrected chi connectivity index (χ3v) is 3.93. The van der Waals surface area contributed by atoms with Crippen molar-refractivity contribution in [3.05, 3.63) is 35.9 Å². The molecule has 0 saturated carbocycles. The smallest absolute Gasteiger partial charge is 0.408 e. The van der Waals surface area contributed by atoms with E-state index in [-0.39, 0.29) is 26.3 Å². The normalized spacial score (nSPS) is 16.1. The molecule has 1 aromatic rings. The van der Waals surface area contributed by atoms with Gasteiger partial charge in [-0.3, -0.25) is 4.18 Å². The van der Waals surface area contributed by atoms with Gasteiger partial charge in [0.2, 0.25) is 0 Å². The Balaban J connectivity index is 1.92. The average Bonchev–Trinajstić information content (AvgIpc) is 2.47. The number of amides is 2. The van der Waals surface area contributed by atoms with Crippen LogP contribution in [0.5, 0.6) is 0 Å². The summed E-state index contributed by atoms with van der Waals surface area (Å²) >= 11 is 0. The minimum absolute atomic E-state index is 0.0400. The van der Waals surface area contributed by atoms with Crippen LogP contribution in [0.2, 0.25) is 0 Å². The van der Waals surface area contributed by atoms with E-state index < -0.39 is 27.8 Å². The minimum atomic E-state index is -3.72. The molecular formula is C14H18N2O7S. The van der Waals surface area contributed by atoms with Crippen molar-refractivity contribution in [2.75, 3.05) is 26.0 Å². The number of carbonyl (C=O) groups excluding carboxylic acids is 1. The van der Waals surface area contributed by atoms with Crippen LogP contribution in [0, 0.1) is 0 Å². The number of hydrogen-bond acceptors (Lipinski definition) is 6. The van der Waals surface area contributed by atoms with Crippen LogP contribution in [-0.4, -0.2) is 62.1 Å². The van der Waals surface area contributed by atoms with E-state index in [0.29, 0.717) is 0 Å². The highest BCUT2D eigenvalue weighted by atomic mass is 32.2. The maximum Gasteiger partial charge on any atom is 0.408 e. The number of rotatable bonds is 6. The van der Waals surface area contributed by atoms with E-state index in [0.717, 1.165) is 16.7 Å². The molecule has 2 amide bonds. The quantitative estimate of drug-likeness (QED) is 0.715. The number of alkyl carbamates (subject to hydrolysis) is 1. The summed E-state index contributed by atoms with van der Waals surface area (Å²) in [6.07, 6.45) is -1.06. The molecule has 0 atom stereocenters. The first-order chi connectivity index (χ1) is 11.2. The molecule has 1 fully saturated rings. The summed E-state index contributed by atoms with van der Waals surface area (Å²) in [6.45, 7) is -0.495.